The minimum absolute atomic E-state index is 0.537. The topological polar surface area (TPSA) is 11.6 Å². The molecule has 3 heteroatoms. The third-order valence-electron chi connectivity index (χ3n) is 16.8. The number of aromatic nitrogens is 3. The van der Waals surface area contributed by atoms with Crippen LogP contribution in [0.2, 0.25) is 0 Å². The Hall–Kier alpha value is -8.27. The molecular weight excluding hydrogens is 835 g/mol. The lowest BCUT2D eigenvalue weighted by Gasteiger charge is -2.40. The third kappa shape index (κ3) is 5.09. The lowest BCUT2D eigenvalue weighted by atomic mass is 9.66. The molecule has 7 aliphatic rings. The van der Waals surface area contributed by atoms with Crippen molar-refractivity contribution in [3.63, 3.8) is 0 Å². The number of hydrogen-bond acceptors (Lipinski definition) is 0. The first-order valence-electron chi connectivity index (χ1n) is 24.8. The molecule has 3 aromatic heterocycles. The Morgan fingerprint density at radius 3 is 1.88 bits per heavy atom. The van der Waals surface area contributed by atoms with Gasteiger partial charge in [0.15, 0.2) is 18.6 Å². The molecule has 322 valence electrons. The second-order valence-electron chi connectivity index (χ2n) is 20.2. The molecule has 69 heavy (non-hydrogen) atoms. The second kappa shape index (κ2) is 13.7. The van der Waals surface area contributed by atoms with Crippen LogP contribution >= 0.6 is 0 Å². The summed E-state index contributed by atoms with van der Waals surface area (Å²) in [6.07, 6.45) is 19.9. The van der Waals surface area contributed by atoms with Gasteiger partial charge in [0.25, 0.3) is 0 Å². The Labute approximate surface area is 402 Å². The Morgan fingerprint density at radius 1 is 0.377 bits per heavy atom. The largest absolute Gasteiger partial charge is 0.241 e. The number of rotatable bonds is 2. The van der Waals surface area contributed by atoms with Crippen LogP contribution in [0.5, 0.6) is 0 Å². The zero-order valence-electron chi connectivity index (χ0n) is 38.2. The normalized spacial score (nSPS) is 23.2. The van der Waals surface area contributed by atoms with E-state index in [0.29, 0.717) is 0 Å². The highest BCUT2D eigenvalue weighted by molar-refractivity contribution is 6.03. The monoisotopic (exact) mass is 880 g/mol. The number of fused-ring (bicyclic) bond motifs is 13. The Balaban J connectivity index is 1.05. The lowest BCUT2D eigenvalue weighted by molar-refractivity contribution is -0.737. The third-order valence-corrected chi connectivity index (χ3v) is 16.8. The summed E-state index contributed by atoms with van der Waals surface area (Å²) in [5, 5.41) is 0. The second-order valence-corrected chi connectivity index (χ2v) is 20.2. The van der Waals surface area contributed by atoms with E-state index in [2.05, 4.69) is 233 Å². The van der Waals surface area contributed by atoms with Gasteiger partial charge in [0, 0.05) is 71.2 Å². The van der Waals surface area contributed by atoms with Gasteiger partial charge in [-0.1, -0.05) is 103 Å². The zero-order valence-corrected chi connectivity index (χ0v) is 38.2. The van der Waals surface area contributed by atoms with E-state index in [1.807, 2.05) is 0 Å². The number of aryl methyl sites for hydroxylation is 2. The van der Waals surface area contributed by atoms with E-state index in [0.717, 1.165) is 32.1 Å². The Bertz CT molecular complexity index is 3920. The first-order chi connectivity index (χ1) is 34.1. The highest BCUT2D eigenvalue weighted by Gasteiger charge is 2.60. The zero-order chi connectivity index (χ0) is 45.0. The molecule has 10 bridgehead atoms. The lowest BCUT2D eigenvalue weighted by Crippen LogP contribution is -2.64. The number of pyridine rings is 3. The molecule has 2 atom stereocenters. The van der Waals surface area contributed by atoms with Gasteiger partial charge in [-0.2, -0.15) is 13.7 Å². The van der Waals surface area contributed by atoms with Gasteiger partial charge >= 0.3 is 0 Å². The fourth-order valence-electron chi connectivity index (χ4n) is 13.7. The minimum atomic E-state index is -0.679. The fourth-order valence-corrected chi connectivity index (χ4v) is 13.7. The molecule has 0 radical (unpaired) electrons. The molecule has 2 spiro atoms. The highest BCUT2D eigenvalue weighted by Crippen LogP contribution is 2.57. The predicted octanol–water partition coefficient (Wildman–Crippen LogP) is 13.1. The molecule has 0 saturated carbocycles. The van der Waals surface area contributed by atoms with Gasteiger partial charge in [-0.25, -0.2) is 0 Å². The van der Waals surface area contributed by atoms with E-state index in [1.54, 1.807) is 0 Å². The van der Waals surface area contributed by atoms with Crippen molar-refractivity contribution in [2.45, 2.75) is 43.2 Å². The molecule has 2 unspecified atom stereocenters. The van der Waals surface area contributed by atoms with E-state index in [-0.39, 0.29) is 0 Å². The number of allylic oxidation sites excluding steroid dienone is 7. The van der Waals surface area contributed by atoms with Crippen molar-refractivity contribution >= 4 is 16.8 Å². The maximum Gasteiger partial charge on any atom is 0.241 e. The average Bonchev–Trinajstić information content (AvgIpc) is 3.74. The quantitative estimate of drug-likeness (QED) is 0.121. The van der Waals surface area contributed by atoms with Gasteiger partial charge in [-0.05, 0) is 142 Å². The molecule has 4 aliphatic carbocycles. The molecule has 16 rings (SSSR count). The summed E-state index contributed by atoms with van der Waals surface area (Å²) in [6.45, 7) is 0. The summed E-state index contributed by atoms with van der Waals surface area (Å²) in [4.78, 5) is 0. The van der Waals surface area contributed by atoms with Crippen molar-refractivity contribution in [2.24, 2.45) is 0 Å². The highest BCUT2D eigenvalue weighted by atomic mass is 15.1. The Kier molecular flexibility index (Phi) is 7.49. The molecular formula is C66H46N3+3. The van der Waals surface area contributed by atoms with E-state index in [4.69, 9.17) is 0 Å². The van der Waals surface area contributed by atoms with Crippen molar-refractivity contribution in [1.29, 1.82) is 0 Å². The maximum absolute atomic E-state index is 2.82. The smallest absolute Gasteiger partial charge is 0.185 e. The minimum Gasteiger partial charge on any atom is -0.185 e. The van der Waals surface area contributed by atoms with Gasteiger partial charge in [-0.15, -0.1) is 0 Å². The van der Waals surface area contributed by atoms with Crippen molar-refractivity contribution in [3.8, 4) is 67.2 Å². The van der Waals surface area contributed by atoms with Crippen molar-refractivity contribution < 1.29 is 13.7 Å². The summed E-state index contributed by atoms with van der Waals surface area (Å²) in [5.74, 6) is 0. The van der Waals surface area contributed by atoms with Crippen LogP contribution in [-0.4, -0.2) is 0 Å². The standard InChI is InChI=1S/C66H46N3/c1-2-10-44(11-3-1)45-20-22-46(23-21-45)47-30-33-68-62(38-47)55-29-24-48-36-49(55)39-65(68)40-50(54-13-5-4-12-53(48)54)37-51-25-16-43-19-28-57-59(35-43)64(67-31-8-6-14-60(57)67)63-58-34-42-17-26-52(65)41-66(51,63)69-32-9-7-15-61(69)56(58)27-18-42/h1-15,18-24,27-38,40-41H,16-17,25-26,39H2/q+3/b50-40+,51-37-,52-41-,64-63-. The van der Waals surface area contributed by atoms with Crippen molar-refractivity contribution in [3.05, 3.63) is 263 Å². The van der Waals surface area contributed by atoms with Crippen LogP contribution < -0.4 is 13.7 Å². The van der Waals surface area contributed by atoms with E-state index in [9.17, 15) is 0 Å². The SMILES string of the molecule is C1=C2/CCc3ccc4c(c3)/C3=C5\c6cc(ccc6-c6cccc[n+]65)CC/C(=C/C5=C\C26Cc2cc(ccc2-c2cc(-c7ccc(-c8ccccc8)cc7)cc[n+]26)-c2ccccc25)C/13[n+]1ccccc1-4. The maximum atomic E-state index is 2.82. The van der Waals surface area contributed by atoms with Crippen molar-refractivity contribution in [2.75, 3.05) is 0 Å². The first kappa shape index (κ1) is 37.8. The van der Waals surface area contributed by atoms with Crippen LogP contribution in [0.15, 0.2) is 230 Å². The molecule has 0 amide bonds. The summed E-state index contributed by atoms with van der Waals surface area (Å²) in [5.41, 5.74) is 28.9. The molecule has 3 aliphatic heterocycles. The average molecular weight is 881 g/mol. The first-order valence-corrected chi connectivity index (χ1v) is 24.8. The molecule has 0 N–H and O–H groups in total. The van der Waals surface area contributed by atoms with Crippen LogP contribution in [0.4, 0.5) is 0 Å². The van der Waals surface area contributed by atoms with E-state index >= 15 is 0 Å². The summed E-state index contributed by atoms with van der Waals surface area (Å²) in [6, 6.07) is 69.6. The van der Waals surface area contributed by atoms with Gasteiger partial charge in [0.05, 0.1) is 16.7 Å². The molecule has 0 saturated heterocycles. The van der Waals surface area contributed by atoms with Crippen LogP contribution in [-0.2, 0) is 30.3 Å². The van der Waals surface area contributed by atoms with Gasteiger partial charge < -0.3 is 0 Å². The Morgan fingerprint density at radius 2 is 1.04 bits per heavy atom. The molecule has 6 heterocycles. The van der Waals surface area contributed by atoms with Gasteiger partial charge in [0.2, 0.25) is 33.9 Å². The van der Waals surface area contributed by atoms with Crippen LogP contribution in [0.3, 0.4) is 0 Å². The molecule has 6 aromatic carbocycles. The number of nitrogens with zero attached hydrogens (tertiary/aromatic N) is 3. The van der Waals surface area contributed by atoms with Crippen LogP contribution in [0, 0.1) is 0 Å². The number of benzene rings is 6. The number of hydrogen-bond donors (Lipinski definition) is 0. The summed E-state index contributed by atoms with van der Waals surface area (Å²) < 4.78 is 7.90. The van der Waals surface area contributed by atoms with Gasteiger partial charge in [0.1, 0.15) is 5.57 Å². The van der Waals surface area contributed by atoms with Crippen LogP contribution in [0.25, 0.3) is 84.0 Å². The van der Waals surface area contributed by atoms with Crippen molar-refractivity contribution in [1.82, 2.24) is 0 Å². The summed E-state index contributed by atoms with van der Waals surface area (Å²) in [7, 11) is 0. The van der Waals surface area contributed by atoms with Crippen LogP contribution in [0.1, 0.15) is 46.2 Å². The predicted molar refractivity (Wildman–Crippen MR) is 275 cm³/mol. The molecule has 9 aromatic rings. The molecule has 0 fully saturated rings. The fraction of sp³-hybridized carbons (Fsp3) is 0.106. The summed E-state index contributed by atoms with van der Waals surface area (Å²) >= 11 is 0. The molecule has 3 nitrogen and oxygen atoms in total. The van der Waals surface area contributed by atoms with E-state index in [1.165, 1.54) is 129 Å². The van der Waals surface area contributed by atoms with Gasteiger partial charge in [-0.3, -0.25) is 0 Å². The van der Waals surface area contributed by atoms with E-state index < -0.39 is 11.1 Å².